The molecule has 3 atom stereocenters. The Morgan fingerprint density at radius 2 is 1.90 bits per heavy atom. The molecule has 1 saturated carbocycles. The molecule has 1 amide bonds. The van der Waals surface area contributed by atoms with Crippen LogP contribution in [0.25, 0.3) is 0 Å². The van der Waals surface area contributed by atoms with Crippen molar-refractivity contribution in [3.63, 3.8) is 0 Å². The number of rotatable bonds is 1. The highest BCUT2D eigenvalue weighted by atomic mass is 16.6. The molecule has 3 rings (SSSR count). The van der Waals surface area contributed by atoms with Crippen molar-refractivity contribution < 1.29 is 9.53 Å². The van der Waals surface area contributed by atoms with E-state index >= 15 is 0 Å². The van der Waals surface area contributed by atoms with Gasteiger partial charge < -0.3 is 9.64 Å². The van der Waals surface area contributed by atoms with Crippen molar-refractivity contribution >= 4 is 6.09 Å². The lowest BCUT2D eigenvalue weighted by molar-refractivity contribution is 0.0277. The molecule has 2 fully saturated rings. The molecule has 5 heteroatoms. The minimum atomic E-state index is -0.413. The van der Waals surface area contributed by atoms with Crippen LogP contribution in [0.2, 0.25) is 0 Å². The number of nitrogens with zero attached hydrogens (tertiary/aromatic N) is 3. The lowest BCUT2D eigenvalue weighted by Crippen LogP contribution is -2.36. The number of amides is 1. The molecular formula is C16H25N3O2. The van der Waals surface area contributed by atoms with Gasteiger partial charge in [-0.3, -0.25) is 4.68 Å². The van der Waals surface area contributed by atoms with Crippen LogP contribution in [0.5, 0.6) is 0 Å². The van der Waals surface area contributed by atoms with Gasteiger partial charge in [-0.05, 0) is 57.9 Å². The summed E-state index contributed by atoms with van der Waals surface area (Å²) < 4.78 is 7.57. The van der Waals surface area contributed by atoms with Crippen LogP contribution in [0.4, 0.5) is 4.79 Å². The lowest BCUT2D eigenvalue weighted by Gasteiger charge is -2.25. The Morgan fingerprint density at radius 1 is 1.29 bits per heavy atom. The van der Waals surface area contributed by atoms with Crippen molar-refractivity contribution in [2.75, 3.05) is 13.1 Å². The van der Waals surface area contributed by atoms with Gasteiger partial charge in [-0.2, -0.15) is 5.10 Å². The normalized spacial score (nSPS) is 28.8. The molecule has 0 N–H and O–H groups in total. The molecule has 116 valence electrons. The van der Waals surface area contributed by atoms with Gasteiger partial charge in [-0.15, -0.1) is 0 Å². The molecule has 1 aromatic heterocycles. The van der Waals surface area contributed by atoms with E-state index in [2.05, 4.69) is 22.9 Å². The molecule has 1 unspecified atom stereocenters. The van der Waals surface area contributed by atoms with Crippen LogP contribution in [0.3, 0.4) is 0 Å². The maximum Gasteiger partial charge on any atom is 0.410 e. The number of likely N-dealkylation sites (tertiary alicyclic amines) is 1. The second-order valence-corrected chi connectivity index (χ2v) is 7.53. The Kier molecular flexibility index (Phi) is 3.46. The van der Waals surface area contributed by atoms with Crippen molar-refractivity contribution in [1.29, 1.82) is 0 Å². The zero-order valence-corrected chi connectivity index (χ0v) is 13.4. The van der Waals surface area contributed by atoms with Gasteiger partial charge in [0.2, 0.25) is 0 Å². The van der Waals surface area contributed by atoms with E-state index in [0.29, 0.717) is 17.9 Å². The van der Waals surface area contributed by atoms with E-state index in [-0.39, 0.29) is 6.09 Å². The minimum Gasteiger partial charge on any atom is -0.444 e. The first-order valence-corrected chi connectivity index (χ1v) is 7.80. The van der Waals surface area contributed by atoms with Gasteiger partial charge >= 0.3 is 6.09 Å². The maximum atomic E-state index is 12.1. The van der Waals surface area contributed by atoms with Crippen molar-refractivity contribution in [2.24, 2.45) is 11.8 Å². The molecule has 5 nitrogen and oxygen atoms in total. The SMILES string of the molecule is Cc1cnn(C2C[C@@H]3CN(C(=O)OC(C)(C)C)C[C@@H]3C2)c1. The van der Waals surface area contributed by atoms with E-state index in [1.54, 1.807) is 0 Å². The molecular weight excluding hydrogens is 266 g/mol. The zero-order valence-electron chi connectivity index (χ0n) is 13.4. The summed E-state index contributed by atoms with van der Waals surface area (Å²) in [7, 11) is 0. The molecule has 1 aliphatic heterocycles. The van der Waals surface area contributed by atoms with Crippen molar-refractivity contribution in [2.45, 2.75) is 52.2 Å². The summed E-state index contributed by atoms with van der Waals surface area (Å²) in [5.74, 6) is 1.18. The fourth-order valence-electron chi connectivity index (χ4n) is 3.59. The number of carbonyl (C=O) groups is 1. The number of fused-ring (bicyclic) bond motifs is 1. The first-order valence-electron chi connectivity index (χ1n) is 7.80. The second-order valence-electron chi connectivity index (χ2n) is 7.53. The third-order valence-electron chi connectivity index (χ3n) is 4.48. The maximum absolute atomic E-state index is 12.1. The first kappa shape index (κ1) is 14.4. The van der Waals surface area contributed by atoms with Crippen LogP contribution >= 0.6 is 0 Å². The molecule has 0 aromatic carbocycles. The van der Waals surface area contributed by atoms with Gasteiger partial charge in [-0.25, -0.2) is 4.79 Å². The van der Waals surface area contributed by atoms with E-state index in [4.69, 9.17) is 4.74 Å². The third kappa shape index (κ3) is 3.06. The Labute approximate surface area is 126 Å². The highest BCUT2D eigenvalue weighted by Crippen LogP contribution is 2.43. The molecule has 0 spiro atoms. The van der Waals surface area contributed by atoms with Crippen LogP contribution in [0, 0.1) is 18.8 Å². The Hall–Kier alpha value is -1.52. The van der Waals surface area contributed by atoms with Crippen molar-refractivity contribution in [1.82, 2.24) is 14.7 Å². The van der Waals surface area contributed by atoms with E-state index in [9.17, 15) is 4.79 Å². The first-order chi connectivity index (χ1) is 9.82. The van der Waals surface area contributed by atoms with E-state index in [0.717, 1.165) is 25.9 Å². The van der Waals surface area contributed by atoms with Gasteiger partial charge in [0.1, 0.15) is 5.60 Å². The highest BCUT2D eigenvalue weighted by molar-refractivity contribution is 5.68. The van der Waals surface area contributed by atoms with Crippen molar-refractivity contribution in [3.8, 4) is 0 Å². The molecule has 1 saturated heterocycles. The number of aryl methyl sites for hydroxylation is 1. The average molecular weight is 291 g/mol. The van der Waals surface area contributed by atoms with Crippen LogP contribution in [0.15, 0.2) is 12.4 Å². The lowest BCUT2D eigenvalue weighted by atomic mass is 10.0. The minimum absolute atomic E-state index is 0.164. The van der Waals surface area contributed by atoms with Crippen LogP contribution in [-0.4, -0.2) is 39.5 Å². The summed E-state index contributed by atoms with van der Waals surface area (Å²) >= 11 is 0. The summed E-state index contributed by atoms with van der Waals surface area (Å²) in [6.07, 6.45) is 6.11. The van der Waals surface area contributed by atoms with Gasteiger partial charge in [0.15, 0.2) is 0 Å². The molecule has 2 aliphatic rings. The van der Waals surface area contributed by atoms with Crippen LogP contribution < -0.4 is 0 Å². The van der Waals surface area contributed by atoms with Gasteiger partial charge in [0.25, 0.3) is 0 Å². The fraction of sp³-hybridized carbons (Fsp3) is 0.750. The number of hydrogen-bond acceptors (Lipinski definition) is 3. The third-order valence-corrected chi connectivity index (χ3v) is 4.48. The summed E-state index contributed by atoms with van der Waals surface area (Å²) in [4.78, 5) is 14.0. The Morgan fingerprint density at radius 3 is 2.38 bits per heavy atom. The highest BCUT2D eigenvalue weighted by Gasteiger charge is 2.44. The molecule has 0 radical (unpaired) electrons. The van der Waals surface area contributed by atoms with Crippen LogP contribution in [0.1, 0.15) is 45.2 Å². The number of aromatic nitrogens is 2. The molecule has 0 bridgehead atoms. The van der Waals surface area contributed by atoms with Gasteiger partial charge in [0.05, 0.1) is 12.2 Å². The zero-order chi connectivity index (χ0) is 15.2. The predicted octanol–water partition coefficient (Wildman–Crippen LogP) is 3.01. The summed E-state index contributed by atoms with van der Waals surface area (Å²) in [5.41, 5.74) is 0.798. The van der Waals surface area contributed by atoms with Gasteiger partial charge in [-0.1, -0.05) is 0 Å². The number of ether oxygens (including phenoxy) is 1. The van der Waals surface area contributed by atoms with Gasteiger partial charge in [0, 0.05) is 19.3 Å². The molecule has 1 aliphatic carbocycles. The summed E-state index contributed by atoms with van der Waals surface area (Å²) in [5, 5.41) is 4.44. The molecule has 21 heavy (non-hydrogen) atoms. The van der Waals surface area contributed by atoms with Crippen molar-refractivity contribution in [3.05, 3.63) is 18.0 Å². The molecule has 2 heterocycles. The number of carbonyl (C=O) groups excluding carboxylic acids is 1. The fourth-order valence-corrected chi connectivity index (χ4v) is 3.59. The molecule has 1 aromatic rings. The smallest absolute Gasteiger partial charge is 0.410 e. The largest absolute Gasteiger partial charge is 0.444 e. The predicted molar refractivity (Wildman–Crippen MR) is 80.0 cm³/mol. The Balaban J connectivity index is 1.58. The van der Waals surface area contributed by atoms with E-state index in [1.165, 1.54) is 5.56 Å². The quantitative estimate of drug-likeness (QED) is 0.799. The average Bonchev–Trinajstić information content (AvgIpc) is 2.98. The monoisotopic (exact) mass is 291 g/mol. The topological polar surface area (TPSA) is 47.4 Å². The summed E-state index contributed by atoms with van der Waals surface area (Å²) in [6, 6.07) is 0.495. The van der Waals surface area contributed by atoms with E-state index in [1.807, 2.05) is 31.9 Å². The summed E-state index contributed by atoms with van der Waals surface area (Å²) in [6.45, 7) is 9.48. The standard InChI is InChI=1S/C16H25N3O2/c1-11-7-17-19(8-11)14-5-12-9-18(10-13(12)6-14)15(20)21-16(2,3)4/h7-8,12-14H,5-6,9-10H2,1-4H3/t12-,13+,14?. The number of hydrogen-bond donors (Lipinski definition) is 0. The Bertz CT molecular complexity index is 518. The van der Waals surface area contributed by atoms with E-state index < -0.39 is 5.60 Å². The van der Waals surface area contributed by atoms with Crippen LogP contribution in [-0.2, 0) is 4.74 Å². The second kappa shape index (κ2) is 5.04.